The second-order valence-electron chi connectivity index (χ2n) is 16.8. The Hall–Kier alpha value is -1.51. The molecule has 0 amide bonds. The number of aliphatic hydroxyl groups is 13. The lowest BCUT2D eigenvalue weighted by molar-refractivity contribution is -0.363. The molecule has 12 N–H and O–H groups in total. The van der Waals surface area contributed by atoms with Crippen LogP contribution in [0.5, 0.6) is 0 Å². The quantitative estimate of drug-likeness (QED) is 0.0499. The van der Waals surface area contributed by atoms with Gasteiger partial charge in [-0.25, -0.2) is 4.79 Å². The molecule has 0 bridgehead atoms. The van der Waals surface area contributed by atoms with E-state index in [2.05, 4.69) is 0 Å². The molecule has 0 aromatic carbocycles. The fraction of sp³-hybridized carbons (Fsp3) is 0.921. The Morgan fingerprint density at radius 1 is 0.690 bits per heavy atom. The minimum atomic E-state index is -1.85. The molecule has 6 rings (SSSR count). The highest BCUT2D eigenvalue weighted by molar-refractivity contribution is 5.82. The van der Waals surface area contributed by atoms with E-state index in [9.17, 15) is 61.0 Å². The Kier molecular flexibility index (Phi) is 16.0. The van der Waals surface area contributed by atoms with Crippen molar-refractivity contribution in [2.24, 2.45) is 17.8 Å². The Labute approximate surface area is 335 Å². The van der Waals surface area contributed by atoms with Crippen molar-refractivity contribution in [1.82, 2.24) is 0 Å². The molecule has 20 nitrogen and oxygen atoms in total. The first-order valence-corrected chi connectivity index (χ1v) is 20.3. The van der Waals surface area contributed by atoms with Crippen LogP contribution in [-0.2, 0) is 38.0 Å². The van der Waals surface area contributed by atoms with E-state index in [0.29, 0.717) is 32.1 Å². The van der Waals surface area contributed by atoms with Crippen LogP contribution in [0, 0.1) is 17.8 Å². The fourth-order valence-electron chi connectivity index (χ4n) is 9.60. The highest BCUT2D eigenvalue weighted by Gasteiger charge is 2.56. The third-order valence-corrected chi connectivity index (χ3v) is 13.0. The van der Waals surface area contributed by atoms with E-state index in [1.807, 2.05) is 0 Å². The van der Waals surface area contributed by atoms with E-state index < -0.39 is 148 Å². The van der Waals surface area contributed by atoms with E-state index in [1.165, 1.54) is 14.2 Å². The van der Waals surface area contributed by atoms with E-state index in [4.69, 9.17) is 37.9 Å². The van der Waals surface area contributed by atoms with Gasteiger partial charge in [0, 0.05) is 39.1 Å². The summed E-state index contributed by atoms with van der Waals surface area (Å²) in [4.78, 5) is 13.3. The van der Waals surface area contributed by atoms with Crippen molar-refractivity contribution < 1.29 is 98.9 Å². The summed E-state index contributed by atoms with van der Waals surface area (Å²) in [5.74, 6) is -1.91. The number of esters is 1. The van der Waals surface area contributed by atoms with Gasteiger partial charge in [-0.3, -0.25) is 0 Å². The summed E-state index contributed by atoms with van der Waals surface area (Å²) < 4.78 is 45.2. The zero-order valence-corrected chi connectivity index (χ0v) is 32.6. The molecule has 3 saturated carbocycles. The summed E-state index contributed by atoms with van der Waals surface area (Å²) in [6.45, 7) is -1.33. The van der Waals surface area contributed by atoms with Gasteiger partial charge in [-0.05, 0) is 44.4 Å². The highest BCUT2D eigenvalue weighted by Crippen LogP contribution is 2.42. The van der Waals surface area contributed by atoms with Crippen molar-refractivity contribution in [2.75, 3.05) is 27.4 Å². The first-order valence-electron chi connectivity index (χ1n) is 20.3. The van der Waals surface area contributed by atoms with Crippen molar-refractivity contribution in [3.05, 3.63) is 12.2 Å². The number of fused-ring (bicyclic) bond motifs is 1. The number of allylic oxidation sites excluding steroid dienone is 1. The van der Waals surface area contributed by atoms with Crippen molar-refractivity contribution in [3.63, 3.8) is 0 Å². The van der Waals surface area contributed by atoms with Gasteiger partial charge in [0.05, 0.1) is 55.8 Å². The molecule has 0 radical (unpaired) electrons. The molecule has 3 saturated heterocycles. The first-order chi connectivity index (χ1) is 27.6. The van der Waals surface area contributed by atoms with Crippen LogP contribution in [0.2, 0.25) is 0 Å². The molecule has 334 valence electrons. The monoisotopic (exact) mass is 839 g/mol. The summed E-state index contributed by atoms with van der Waals surface area (Å²) in [5, 5.41) is 117. The molecule has 0 aromatic rings. The van der Waals surface area contributed by atoms with Crippen LogP contribution in [0.3, 0.4) is 0 Å². The Morgan fingerprint density at radius 3 is 2.02 bits per heavy atom. The summed E-state index contributed by atoms with van der Waals surface area (Å²) in [7, 11) is 2.91. The summed E-state index contributed by atoms with van der Waals surface area (Å²) in [5.41, 5.74) is 0. The zero-order valence-electron chi connectivity index (χ0n) is 32.6. The van der Waals surface area contributed by atoms with Gasteiger partial charge in [0.15, 0.2) is 30.9 Å². The number of carbonyl (C=O) groups excluding carboxylic acids is 1. The number of hydrogen-bond donors (Lipinski definition) is 11. The van der Waals surface area contributed by atoms with Crippen LogP contribution < -0.4 is 0 Å². The van der Waals surface area contributed by atoms with Gasteiger partial charge in [-0.15, -0.1) is 0 Å². The molecule has 0 aromatic heterocycles. The van der Waals surface area contributed by atoms with E-state index in [-0.39, 0.29) is 31.1 Å². The van der Waals surface area contributed by atoms with Crippen LogP contribution in [0.4, 0.5) is 0 Å². The second-order valence-corrected chi connectivity index (χ2v) is 16.8. The molecule has 6 aliphatic rings. The maximum absolute atomic E-state index is 13.3. The van der Waals surface area contributed by atoms with Crippen LogP contribution in [0.25, 0.3) is 0 Å². The van der Waals surface area contributed by atoms with Gasteiger partial charge in [0.25, 0.3) is 0 Å². The average Bonchev–Trinajstić information content (AvgIpc) is 3.20. The van der Waals surface area contributed by atoms with Gasteiger partial charge in [-0.2, -0.15) is 0 Å². The van der Waals surface area contributed by atoms with Gasteiger partial charge in [0.2, 0.25) is 0 Å². The van der Waals surface area contributed by atoms with Gasteiger partial charge >= 0.3 is 5.97 Å². The minimum absolute atomic E-state index is 0.130. The normalized spacial score (nSPS) is 50.3. The molecular weight excluding hydrogens is 776 g/mol. The maximum atomic E-state index is 13.3. The maximum Gasteiger partial charge on any atom is 0.330 e. The highest BCUT2D eigenvalue weighted by atomic mass is 16.7. The number of rotatable bonds is 12. The first kappa shape index (κ1) is 46.0. The molecule has 6 fully saturated rings. The standard InChI is InChI=1S/C38H62O20/c1-51-23-7-15(8-24(52-2)29(23)45)3-6-28(44)58-36-27(14-53-37-33(49)31(47)30(46)26(13-39)56-37)57-38(34(50)32(36)48)55-25-12-18-20(42)10-17(40)11-22(18)54-35(25)16-4-5-19(41)21(43)9-16/h3,6,15-27,29-43,45-50H,4-5,7-14H2,1-2H3/p+1. The second kappa shape index (κ2) is 20.1. The largest absolute Gasteiger partial charge is 0.453 e. The minimum Gasteiger partial charge on any atom is -0.453 e. The van der Waals surface area contributed by atoms with Gasteiger partial charge < -0.3 is 94.1 Å². The molecule has 58 heavy (non-hydrogen) atoms. The Bertz CT molecular complexity index is 1330. The number of methoxy groups -OCH3 is 2. The topological polar surface area (TPSA) is 317 Å². The third-order valence-electron chi connectivity index (χ3n) is 13.0. The summed E-state index contributed by atoms with van der Waals surface area (Å²) in [6, 6.07) is 0. The van der Waals surface area contributed by atoms with E-state index in [1.54, 1.807) is 6.08 Å². The lowest BCUT2D eigenvalue weighted by Crippen LogP contribution is -2.64. The molecular formula is C38H63O20+. The van der Waals surface area contributed by atoms with E-state index >= 15 is 0 Å². The average molecular weight is 840 g/mol. The lowest BCUT2D eigenvalue weighted by atomic mass is 9.72. The van der Waals surface area contributed by atoms with Crippen molar-refractivity contribution >= 4 is 5.97 Å². The fourth-order valence-corrected chi connectivity index (χ4v) is 9.60. The number of hydrogen-bond acceptors (Lipinski definition) is 19. The zero-order chi connectivity index (χ0) is 42.0. The van der Waals surface area contributed by atoms with Gasteiger partial charge in [0.1, 0.15) is 54.9 Å². The van der Waals surface area contributed by atoms with Crippen molar-refractivity contribution in [2.45, 2.75) is 174 Å². The van der Waals surface area contributed by atoms with Crippen LogP contribution in [0.1, 0.15) is 51.4 Å². The Balaban J connectivity index is 1.21. The third kappa shape index (κ3) is 10.2. The van der Waals surface area contributed by atoms with Crippen LogP contribution in [0.15, 0.2) is 12.2 Å². The summed E-state index contributed by atoms with van der Waals surface area (Å²) >= 11 is 0. The smallest absolute Gasteiger partial charge is 0.330 e. The predicted octanol–water partition coefficient (Wildman–Crippen LogP) is -4.77. The molecule has 3 aliphatic carbocycles. The molecule has 3 aliphatic heterocycles. The number of carbonyl (C=O) groups is 1. The van der Waals surface area contributed by atoms with Gasteiger partial charge in [-0.1, -0.05) is 6.08 Å². The van der Waals surface area contributed by atoms with Crippen molar-refractivity contribution in [3.8, 4) is 0 Å². The molecule has 20 heteroatoms. The predicted molar refractivity (Wildman–Crippen MR) is 193 cm³/mol. The van der Waals surface area contributed by atoms with E-state index in [0.717, 1.165) is 6.08 Å². The number of aliphatic hydroxyl groups excluding tert-OH is 11. The SMILES string of the molecule is COC1CC(C=CC(=O)OC2C(COC3OC(CO)C(O)C(O)C3O)OC(OC3CC4C(O)CC(O)CC4[OH+]C3C3CCC(O)C(O)C3)C(O)C2O)CC(OC)C1O. The molecule has 21 atom stereocenters. The Morgan fingerprint density at radius 2 is 1.36 bits per heavy atom. The van der Waals surface area contributed by atoms with Crippen LogP contribution >= 0.6 is 0 Å². The molecule has 0 spiro atoms. The molecule has 21 unspecified atom stereocenters. The van der Waals surface area contributed by atoms with Crippen LogP contribution in [-0.4, -0.2) is 217 Å². The molecule has 3 heterocycles. The number of ether oxygens (including phenoxy) is 8. The summed E-state index contributed by atoms with van der Waals surface area (Å²) in [6.07, 6.45) is -18.9. The van der Waals surface area contributed by atoms with Crippen molar-refractivity contribution in [1.29, 1.82) is 0 Å². The lowest BCUT2D eigenvalue weighted by Gasteiger charge is -2.48.